The second-order valence-corrected chi connectivity index (χ2v) is 8.54. The molecule has 0 spiro atoms. The van der Waals surface area contributed by atoms with Gasteiger partial charge in [0, 0.05) is 32.6 Å². The minimum Gasteiger partial charge on any atom is -0.378 e. The summed E-state index contributed by atoms with van der Waals surface area (Å²) in [6, 6.07) is -0.886. The molecule has 140 valence electrons. The van der Waals surface area contributed by atoms with Gasteiger partial charge in [0.05, 0.1) is 31.1 Å². The van der Waals surface area contributed by atoms with E-state index >= 15 is 0 Å². The Morgan fingerprint density at radius 2 is 1.92 bits per heavy atom. The number of amides is 1. The fraction of sp³-hybridized carbons (Fsp3) is 0.929. The minimum absolute atomic E-state index is 0.0355. The molecule has 2 fully saturated rings. The van der Waals surface area contributed by atoms with Crippen LogP contribution in [0.3, 0.4) is 0 Å². The first kappa shape index (κ1) is 19.5. The first-order valence-corrected chi connectivity index (χ1v) is 9.71. The smallest absolute Gasteiger partial charge is 0.262 e. The summed E-state index contributed by atoms with van der Waals surface area (Å²) in [6.07, 6.45) is -0.539. The van der Waals surface area contributed by atoms with Crippen LogP contribution in [0.15, 0.2) is 0 Å². The van der Waals surface area contributed by atoms with Crippen molar-refractivity contribution >= 4 is 15.9 Å². The highest BCUT2D eigenvalue weighted by Crippen LogP contribution is 2.26. The number of nitrogens with zero attached hydrogens (tertiary/aromatic N) is 2. The van der Waals surface area contributed by atoms with Gasteiger partial charge in [-0.05, 0) is 13.8 Å². The third kappa shape index (κ3) is 5.08. The minimum atomic E-state index is -3.43. The van der Waals surface area contributed by atoms with Gasteiger partial charge in [-0.3, -0.25) is 10.1 Å². The van der Waals surface area contributed by atoms with E-state index in [1.165, 1.54) is 9.21 Å². The first-order valence-electron chi connectivity index (χ1n) is 8.10. The van der Waals surface area contributed by atoms with Crippen molar-refractivity contribution in [2.75, 3.05) is 45.1 Å². The van der Waals surface area contributed by atoms with Crippen LogP contribution < -0.4 is 5.32 Å². The third-order valence-corrected chi connectivity index (χ3v) is 5.98. The Kier molecular flexibility index (Phi) is 6.16. The van der Waals surface area contributed by atoms with E-state index in [1.54, 1.807) is 0 Å². The predicted octanol–water partition coefficient (Wildman–Crippen LogP) is -0.117. The summed E-state index contributed by atoms with van der Waals surface area (Å²) in [7, 11) is -3.43. The molecule has 0 radical (unpaired) electrons. The van der Waals surface area contributed by atoms with Crippen molar-refractivity contribution in [3.05, 3.63) is 0 Å². The van der Waals surface area contributed by atoms with Crippen LogP contribution in [0, 0.1) is 0 Å². The second kappa shape index (κ2) is 7.59. The lowest BCUT2D eigenvalue weighted by Gasteiger charge is -2.35. The van der Waals surface area contributed by atoms with E-state index in [1.807, 2.05) is 13.8 Å². The molecule has 1 N–H and O–H groups in total. The molecule has 0 aromatic rings. The zero-order chi connectivity index (χ0) is 18.0. The molecule has 0 aliphatic carbocycles. The lowest BCUT2D eigenvalue weighted by Crippen LogP contribution is -2.54. The van der Waals surface area contributed by atoms with Gasteiger partial charge in [-0.1, -0.05) is 0 Å². The molecule has 1 atom stereocenters. The lowest BCUT2D eigenvalue weighted by atomic mass is 10.1. The summed E-state index contributed by atoms with van der Waals surface area (Å²) in [5, 5.41) is 2.53. The molecule has 2 aliphatic rings. The van der Waals surface area contributed by atoms with Crippen LogP contribution in [-0.4, -0.2) is 86.7 Å². The highest BCUT2D eigenvalue weighted by molar-refractivity contribution is 7.89. The standard InChI is InChI=1S/C14H25F2N3O4S/c1-11(2)23-7-8-24(21,22)19-5-3-18(4-6-19)13(20)12-9-14(15,16)10-17-12/h11-12,17H,3-10H2,1-2H3. The maximum absolute atomic E-state index is 13.2. The highest BCUT2D eigenvalue weighted by atomic mass is 32.2. The fourth-order valence-electron chi connectivity index (χ4n) is 2.82. The average Bonchev–Trinajstić information content (AvgIpc) is 2.86. The van der Waals surface area contributed by atoms with Gasteiger partial charge in [-0.2, -0.15) is 4.31 Å². The second-order valence-electron chi connectivity index (χ2n) is 6.45. The summed E-state index contributed by atoms with van der Waals surface area (Å²) in [4.78, 5) is 13.7. The van der Waals surface area contributed by atoms with Gasteiger partial charge in [-0.15, -0.1) is 0 Å². The molecule has 24 heavy (non-hydrogen) atoms. The van der Waals surface area contributed by atoms with Crippen LogP contribution in [0.2, 0.25) is 0 Å². The number of rotatable bonds is 6. The number of hydrogen-bond donors (Lipinski definition) is 1. The summed E-state index contributed by atoms with van der Waals surface area (Å²) in [5.74, 6) is -3.34. The van der Waals surface area contributed by atoms with E-state index in [0.717, 1.165) is 0 Å². The first-order chi connectivity index (χ1) is 11.1. The zero-order valence-corrected chi connectivity index (χ0v) is 14.8. The van der Waals surface area contributed by atoms with Crippen LogP contribution in [0.4, 0.5) is 8.78 Å². The van der Waals surface area contributed by atoms with Crippen molar-refractivity contribution in [2.24, 2.45) is 0 Å². The molecule has 0 saturated carbocycles. The number of alkyl halides is 2. The van der Waals surface area contributed by atoms with Crippen LogP contribution >= 0.6 is 0 Å². The maximum atomic E-state index is 13.2. The van der Waals surface area contributed by atoms with E-state index in [-0.39, 0.29) is 50.5 Å². The molecule has 2 rings (SSSR count). The topological polar surface area (TPSA) is 79.0 Å². The van der Waals surface area contributed by atoms with Crippen LogP contribution in [0.25, 0.3) is 0 Å². The normalized spacial score (nSPS) is 25.4. The molecule has 0 aromatic carbocycles. The summed E-state index contributed by atoms with van der Waals surface area (Å²) >= 11 is 0. The van der Waals surface area contributed by atoms with Gasteiger partial charge in [0.15, 0.2) is 0 Å². The Labute approximate surface area is 141 Å². The summed E-state index contributed by atoms with van der Waals surface area (Å²) < 4.78 is 57.4. The van der Waals surface area contributed by atoms with Crippen LogP contribution in [0.5, 0.6) is 0 Å². The fourth-order valence-corrected chi connectivity index (χ4v) is 4.10. The number of carbonyl (C=O) groups excluding carboxylic acids is 1. The number of sulfonamides is 1. The lowest BCUT2D eigenvalue weighted by molar-refractivity contribution is -0.134. The Morgan fingerprint density at radius 1 is 1.29 bits per heavy atom. The summed E-state index contributed by atoms with van der Waals surface area (Å²) in [5.41, 5.74) is 0. The van der Waals surface area contributed by atoms with Crippen molar-refractivity contribution in [3.63, 3.8) is 0 Å². The Balaban J connectivity index is 1.81. The number of carbonyl (C=O) groups is 1. The molecule has 2 saturated heterocycles. The van der Waals surface area contributed by atoms with E-state index in [0.29, 0.717) is 0 Å². The predicted molar refractivity (Wildman–Crippen MR) is 84.4 cm³/mol. The molecular formula is C14H25F2N3O4S. The quantitative estimate of drug-likeness (QED) is 0.706. The molecule has 7 nitrogen and oxygen atoms in total. The van der Waals surface area contributed by atoms with E-state index in [4.69, 9.17) is 4.74 Å². The van der Waals surface area contributed by atoms with Gasteiger partial charge in [0.2, 0.25) is 15.9 Å². The van der Waals surface area contributed by atoms with E-state index in [9.17, 15) is 22.0 Å². The molecular weight excluding hydrogens is 344 g/mol. The van der Waals surface area contributed by atoms with Crippen molar-refractivity contribution in [3.8, 4) is 0 Å². The van der Waals surface area contributed by atoms with Crippen LogP contribution in [-0.2, 0) is 19.6 Å². The van der Waals surface area contributed by atoms with Crippen molar-refractivity contribution in [1.29, 1.82) is 0 Å². The number of hydrogen-bond acceptors (Lipinski definition) is 5. The average molecular weight is 369 g/mol. The number of piperazine rings is 1. The Bertz CT molecular complexity index is 548. The molecule has 2 aliphatic heterocycles. The number of ether oxygens (including phenoxy) is 1. The SMILES string of the molecule is CC(C)OCCS(=O)(=O)N1CCN(C(=O)C2CC(F)(F)CN2)CC1. The summed E-state index contributed by atoms with van der Waals surface area (Å²) in [6.45, 7) is 4.08. The monoisotopic (exact) mass is 369 g/mol. The largest absolute Gasteiger partial charge is 0.378 e. The zero-order valence-electron chi connectivity index (χ0n) is 14.0. The van der Waals surface area contributed by atoms with Crippen molar-refractivity contribution in [1.82, 2.24) is 14.5 Å². The van der Waals surface area contributed by atoms with Crippen molar-refractivity contribution in [2.45, 2.75) is 38.3 Å². The Morgan fingerprint density at radius 3 is 2.42 bits per heavy atom. The van der Waals surface area contributed by atoms with Gasteiger partial charge in [0.25, 0.3) is 5.92 Å². The van der Waals surface area contributed by atoms with Crippen LogP contribution in [0.1, 0.15) is 20.3 Å². The molecule has 10 heteroatoms. The number of nitrogens with one attached hydrogen (secondary N) is 1. The van der Waals surface area contributed by atoms with Gasteiger partial charge < -0.3 is 9.64 Å². The molecule has 1 unspecified atom stereocenters. The van der Waals surface area contributed by atoms with Gasteiger partial charge >= 0.3 is 0 Å². The molecule has 1 amide bonds. The molecule has 2 heterocycles. The highest BCUT2D eigenvalue weighted by Gasteiger charge is 2.44. The van der Waals surface area contributed by atoms with E-state index in [2.05, 4.69) is 5.32 Å². The molecule has 0 bridgehead atoms. The Hall–Kier alpha value is -0.840. The number of halogens is 2. The van der Waals surface area contributed by atoms with Gasteiger partial charge in [-0.25, -0.2) is 17.2 Å². The maximum Gasteiger partial charge on any atom is 0.262 e. The molecule has 0 aromatic heterocycles. The van der Waals surface area contributed by atoms with Crippen molar-refractivity contribution < 1.29 is 26.7 Å². The third-order valence-electron chi connectivity index (χ3n) is 4.14. The van der Waals surface area contributed by atoms with E-state index < -0.39 is 35.0 Å². The van der Waals surface area contributed by atoms with Gasteiger partial charge in [0.1, 0.15) is 0 Å².